The lowest BCUT2D eigenvalue weighted by Gasteiger charge is -1.96. The van der Waals surface area contributed by atoms with Crippen molar-refractivity contribution in [2.75, 3.05) is 0 Å². The van der Waals surface area contributed by atoms with Crippen LogP contribution >= 0.6 is 38.5 Å². The molecule has 0 fully saturated rings. The van der Waals surface area contributed by atoms with Crippen molar-refractivity contribution in [3.05, 3.63) is 73.8 Å². The number of carbonyl (C=O) groups excluding carboxylic acids is 1. The third kappa shape index (κ3) is 3.78. The van der Waals surface area contributed by atoms with E-state index in [0.717, 1.165) is 10.0 Å². The van der Waals surface area contributed by atoms with Crippen molar-refractivity contribution in [3.8, 4) is 0 Å². The van der Waals surface area contributed by atoms with E-state index in [1.807, 2.05) is 54.6 Å². The third-order valence-electron chi connectivity index (χ3n) is 2.43. The van der Waals surface area contributed by atoms with Gasteiger partial charge in [0, 0.05) is 13.6 Å². The van der Waals surface area contributed by atoms with Gasteiger partial charge in [-0.25, -0.2) is 0 Å². The standard InChI is InChI=1S/C15H10BrIO/c16-13-6-4-12(5-7-13)15(18)10-3-11-1-8-14(17)9-2-11/h1-10H/b10-3+. The number of carbonyl (C=O) groups is 1. The minimum Gasteiger partial charge on any atom is -0.289 e. The van der Waals surface area contributed by atoms with Gasteiger partial charge in [0.2, 0.25) is 0 Å². The normalized spacial score (nSPS) is 10.8. The molecule has 0 N–H and O–H groups in total. The van der Waals surface area contributed by atoms with Gasteiger partial charge in [0.25, 0.3) is 0 Å². The molecule has 0 saturated heterocycles. The van der Waals surface area contributed by atoms with Crippen molar-refractivity contribution in [3.63, 3.8) is 0 Å². The smallest absolute Gasteiger partial charge is 0.185 e. The Kier molecular flexibility index (Phi) is 4.72. The predicted octanol–water partition coefficient (Wildman–Crippen LogP) is 4.95. The van der Waals surface area contributed by atoms with Crippen molar-refractivity contribution in [2.45, 2.75) is 0 Å². The van der Waals surface area contributed by atoms with Crippen LogP contribution in [0.5, 0.6) is 0 Å². The Labute approximate surface area is 128 Å². The van der Waals surface area contributed by atoms with Gasteiger partial charge in [0.15, 0.2) is 5.78 Å². The Morgan fingerprint density at radius 2 is 1.61 bits per heavy atom. The van der Waals surface area contributed by atoms with E-state index in [-0.39, 0.29) is 5.78 Å². The molecule has 2 aromatic carbocycles. The average Bonchev–Trinajstić information content (AvgIpc) is 2.38. The maximum atomic E-state index is 11.9. The fourth-order valence-corrected chi connectivity index (χ4v) is 2.08. The summed E-state index contributed by atoms with van der Waals surface area (Å²) in [7, 11) is 0. The Bertz CT molecular complexity index is 570. The molecule has 3 heteroatoms. The van der Waals surface area contributed by atoms with Gasteiger partial charge in [-0.3, -0.25) is 4.79 Å². The molecule has 0 bridgehead atoms. The fourth-order valence-electron chi connectivity index (χ4n) is 1.46. The lowest BCUT2D eigenvalue weighted by molar-refractivity contribution is 0.104. The quantitative estimate of drug-likeness (QED) is 0.396. The topological polar surface area (TPSA) is 17.1 Å². The number of benzene rings is 2. The molecule has 0 saturated carbocycles. The maximum absolute atomic E-state index is 11.9. The summed E-state index contributed by atoms with van der Waals surface area (Å²) in [6, 6.07) is 15.4. The first kappa shape index (κ1) is 13.5. The monoisotopic (exact) mass is 412 g/mol. The van der Waals surface area contributed by atoms with E-state index in [2.05, 4.69) is 38.5 Å². The second kappa shape index (κ2) is 6.29. The van der Waals surface area contributed by atoms with Crippen molar-refractivity contribution in [1.82, 2.24) is 0 Å². The first-order chi connectivity index (χ1) is 8.65. The number of halogens is 2. The molecule has 0 unspecified atom stereocenters. The Balaban J connectivity index is 2.11. The van der Waals surface area contributed by atoms with Gasteiger partial charge < -0.3 is 0 Å². The van der Waals surface area contributed by atoms with E-state index in [1.54, 1.807) is 6.08 Å². The summed E-state index contributed by atoms with van der Waals surface area (Å²) in [5.74, 6) is 0.0149. The summed E-state index contributed by atoms with van der Waals surface area (Å²) < 4.78 is 2.16. The van der Waals surface area contributed by atoms with Gasteiger partial charge in [-0.1, -0.05) is 34.1 Å². The molecule has 0 spiro atoms. The summed E-state index contributed by atoms with van der Waals surface area (Å²) in [6.45, 7) is 0. The lowest BCUT2D eigenvalue weighted by Crippen LogP contribution is -1.93. The SMILES string of the molecule is O=C(/C=C/c1ccc(I)cc1)c1ccc(Br)cc1. The van der Waals surface area contributed by atoms with Crippen molar-refractivity contribution < 1.29 is 4.79 Å². The highest BCUT2D eigenvalue weighted by atomic mass is 127. The summed E-state index contributed by atoms with van der Waals surface area (Å²) in [4.78, 5) is 11.9. The molecular weight excluding hydrogens is 403 g/mol. The highest BCUT2D eigenvalue weighted by molar-refractivity contribution is 14.1. The van der Waals surface area contributed by atoms with Crippen LogP contribution in [-0.4, -0.2) is 5.78 Å². The molecule has 18 heavy (non-hydrogen) atoms. The van der Waals surface area contributed by atoms with E-state index in [4.69, 9.17) is 0 Å². The van der Waals surface area contributed by atoms with E-state index < -0.39 is 0 Å². The molecule has 0 radical (unpaired) electrons. The van der Waals surface area contributed by atoms with Crippen molar-refractivity contribution in [1.29, 1.82) is 0 Å². The van der Waals surface area contributed by atoms with Gasteiger partial charge in [-0.2, -0.15) is 0 Å². The fraction of sp³-hybridized carbons (Fsp3) is 0. The summed E-state index contributed by atoms with van der Waals surface area (Å²) >= 11 is 5.60. The lowest BCUT2D eigenvalue weighted by atomic mass is 10.1. The van der Waals surface area contributed by atoms with Gasteiger partial charge in [0.05, 0.1) is 0 Å². The molecule has 0 heterocycles. The van der Waals surface area contributed by atoms with E-state index >= 15 is 0 Å². The zero-order valence-electron chi connectivity index (χ0n) is 9.44. The average molecular weight is 413 g/mol. The first-order valence-electron chi connectivity index (χ1n) is 5.39. The zero-order valence-corrected chi connectivity index (χ0v) is 13.2. The molecule has 0 aliphatic carbocycles. The van der Waals surface area contributed by atoms with E-state index in [1.165, 1.54) is 3.57 Å². The zero-order chi connectivity index (χ0) is 13.0. The van der Waals surface area contributed by atoms with Gasteiger partial charge in [-0.15, -0.1) is 0 Å². The molecule has 2 aromatic rings. The van der Waals surface area contributed by atoms with Crippen LogP contribution in [0.25, 0.3) is 6.08 Å². The summed E-state index contributed by atoms with van der Waals surface area (Å²) in [6.07, 6.45) is 3.44. The van der Waals surface area contributed by atoms with Crippen LogP contribution < -0.4 is 0 Å². The van der Waals surface area contributed by atoms with Crippen LogP contribution in [0.3, 0.4) is 0 Å². The Morgan fingerprint density at radius 3 is 2.22 bits per heavy atom. The first-order valence-corrected chi connectivity index (χ1v) is 7.26. The maximum Gasteiger partial charge on any atom is 0.185 e. The van der Waals surface area contributed by atoms with Gasteiger partial charge >= 0.3 is 0 Å². The van der Waals surface area contributed by atoms with Crippen LogP contribution in [0.1, 0.15) is 15.9 Å². The third-order valence-corrected chi connectivity index (χ3v) is 3.67. The number of hydrogen-bond acceptors (Lipinski definition) is 1. The number of hydrogen-bond donors (Lipinski definition) is 0. The molecule has 0 aromatic heterocycles. The molecule has 90 valence electrons. The summed E-state index contributed by atoms with van der Waals surface area (Å²) in [5.41, 5.74) is 1.72. The van der Waals surface area contributed by atoms with Crippen LogP contribution in [0.4, 0.5) is 0 Å². The van der Waals surface area contributed by atoms with Crippen LogP contribution in [-0.2, 0) is 0 Å². The number of ketones is 1. The molecule has 1 nitrogen and oxygen atoms in total. The second-order valence-corrected chi connectivity index (χ2v) is 5.92. The van der Waals surface area contributed by atoms with Crippen molar-refractivity contribution >= 4 is 50.4 Å². The van der Waals surface area contributed by atoms with Gasteiger partial charge in [-0.05, 0) is 70.6 Å². The van der Waals surface area contributed by atoms with Crippen LogP contribution in [0, 0.1) is 3.57 Å². The van der Waals surface area contributed by atoms with Crippen molar-refractivity contribution in [2.24, 2.45) is 0 Å². The second-order valence-electron chi connectivity index (χ2n) is 3.76. The molecular formula is C15H10BrIO. The molecule has 0 aliphatic rings. The minimum atomic E-state index is 0.0149. The van der Waals surface area contributed by atoms with E-state index in [0.29, 0.717) is 5.56 Å². The number of rotatable bonds is 3. The van der Waals surface area contributed by atoms with Crippen LogP contribution in [0.2, 0.25) is 0 Å². The Hall–Kier alpha value is -0.940. The van der Waals surface area contributed by atoms with E-state index in [9.17, 15) is 4.79 Å². The van der Waals surface area contributed by atoms with Crippen LogP contribution in [0.15, 0.2) is 59.1 Å². The summed E-state index contributed by atoms with van der Waals surface area (Å²) in [5, 5.41) is 0. The Morgan fingerprint density at radius 1 is 1.00 bits per heavy atom. The molecule has 0 atom stereocenters. The molecule has 0 aliphatic heterocycles. The minimum absolute atomic E-state index is 0.0149. The molecule has 2 rings (SSSR count). The highest BCUT2D eigenvalue weighted by Crippen LogP contribution is 2.12. The number of allylic oxidation sites excluding steroid dienone is 1. The highest BCUT2D eigenvalue weighted by Gasteiger charge is 2.00. The predicted molar refractivity (Wildman–Crippen MR) is 86.7 cm³/mol. The molecule has 0 amide bonds. The largest absolute Gasteiger partial charge is 0.289 e. The van der Waals surface area contributed by atoms with Gasteiger partial charge in [0.1, 0.15) is 0 Å².